The van der Waals surface area contributed by atoms with Crippen LogP contribution in [0.1, 0.15) is 60.9 Å². The third-order valence-corrected chi connectivity index (χ3v) is 8.04. The van der Waals surface area contributed by atoms with E-state index in [1.54, 1.807) is 23.4 Å². The molecule has 0 bridgehead atoms. The minimum Gasteiger partial charge on any atom is -0.457 e. The zero-order valence-corrected chi connectivity index (χ0v) is 21.1. The average Bonchev–Trinajstić information content (AvgIpc) is 3.71. The lowest BCUT2D eigenvalue weighted by Crippen LogP contribution is -2.56. The number of aromatic nitrogens is 2. The van der Waals surface area contributed by atoms with Crippen molar-refractivity contribution >= 4 is 5.91 Å². The number of fused-ring (bicyclic) bond motifs is 1. The van der Waals surface area contributed by atoms with Gasteiger partial charge < -0.3 is 14.4 Å². The van der Waals surface area contributed by atoms with E-state index in [2.05, 4.69) is 14.9 Å². The summed E-state index contributed by atoms with van der Waals surface area (Å²) in [6.07, 6.45) is 3.63. The number of nitrogens with zero attached hydrogens (tertiary/aromatic N) is 5. The lowest BCUT2D eigenvalue weighted by atomic mass is 9.99. The highest BCUT2D eigenvalue weighted by Gasteiger charge is 2.43. The molecule has 2 aromatic rings. The first-order valence-electron chi connectivity index (χ1n) is 13.4. The van der Waals surface area contributed by atoms with Gasteiger partial charge in [0.15, 0.2) is 6.23 Å². The van der Waals surface area contributed by atoms with E-state index in [1.165, 1.54) is 6.07 Å². The highest BCUT2D eigenvalue weighted by Crippen LogP contribution is 2.39. The van der Waals surface area contributed by atoms with Crippen molar-refractivity contribution in [2.75, 3.05) is 39.5 Å². The third kappa shape index (κ3) is 5.37. The van der Waals surface area contributed by atoms with Gasteiger partial charge in [0.05, 0.1) is 43.5 Å². The maximum absolute atomic E-state index is 14.0. The van der Waals surface area contributed by atoms with Crippen molar-refractivity contribution in [1.29, 1.82) is 0 Å². The maximum atomic E-state index is 14.0. The standard InChI is InChI=1S/C27H32F3N5O3/c28-27(29,30)20-3-1-2-19(14-20)25(33-10-12-37-13-11-33)26(36)34-9-8-21-6-7-24(35(21)17-34)38-23-16-31-22(15-32-23)18-4-5-18/h1-3,14-16,18,21,24-25H,4-13,17H2/t21-,24-,25?/m0/s1. The highest BCUT2D eigenvalue weighted by molar-refractivity contribution is 5.83. The number of ether oxygens (including phenoxy) is 2. The Bertz CT molecular complexity index is 1140. The molecule has 4 aliphatic rings. The first kappa shape index (κ1) is 25.5. The molecule has 1 aromatic heterocycles. The molecule has 3 atom stereocenters. The summed E-state index contributed by atoms with van der Waals surface area (Å²) in [5.74, 6) is 0.799. The van der Waals surface area contributed by atoms with Crippen molar-refractivity contribution in [2.24, 2.45) is 0 Å². The van der Waals surface area contributed by atoms with Gasteiger partial charge in [-0.25, -0.2) is 9.88 Å². The zero-order chi connectivity index (χ0) is 26.3. The fourth-order valence-corrected chi connectivity index (χ4v) is 5.82. The van der Waals surface area contributed by atoms with E-state index in [0.717, 1.165) is 49.9 Å². The van der Waals surface area contributed by atoms with Crippen LogP contribution in [0.15, 0.2) is 36.7 Å². The molecule has 1 aromatic carbocycles. The lowest BCUT2D eigenvalue weighted by Gasteiger charge is -2.43. The molecule has 8 nitrogen and oxygen atoms in total. The second-order valence-corrected chi connectivity index (χ2v) is 10.6. The second kappa shape index (κ2) is 10.4. The van der Waals surface area contributed by atoms with Gasteiger partial charge in [0.1, 0.15) is 6.04 Å². The van der Waals surface area contributed by atoms with Crippen LogP contribution in [-0.2, 0) is 15.7 Å². The minimum absolute atomic E-state index is 0.191. The summed E-state index contributed by atoms with van der Waals surface area (Å²) in [6, 6.07) is 4.63. The van der Waals surface area contributed by atoms with Gasteiger partial charge in [-0.15, -0.1) is 0 Å². The van der Waals surface area contributed by atoms with E-state index in [-0.39, 0.29) is 18.2 Å². The molecule has 1 unspecified atom stereocenters. The summed E-state index contributed by atoms with van der Waals surface area (Å²) < 4.78 is 52.2. The lowest BCUT2D eigenvalue weighted by molar-refractivity contribution is -0.147. The second-order valence-electron chi connectivity index (χ2n) is 10.6. The van der Waals surface area contributed by atoms with Crippen molar-refractivity contribution in [3.8, 4) is 5.88 Å². The zero-order valence-electron chi connectivity index (χ0n) is 21.1. The smallest absolute Gasteiger partial charge is 0.416 e. The fraction of sp³-hybridized carbons (Fsp3) is 0.593. The molecule has 0 N–H and O–H groups in total. The Hall–Kier alpha value is -2.76. The van der Waals surface area contributed by atoms with E-state index in [9.17, 15) is 18.0 Å². The van der Waals surface area contributed by atoms with Crippen molar-refractivity contribution < 1.29 is 27.4 Å². The van der Waals surface area contributed by atoms with E-state index >= 15 is 0 Å². The Morgan fingerprint density at radius 3 is 2.55 bits per heavy atom. The van der Waals surface area contributed by atoms with Crippen LogP contribution < -0.4 is 4.74 Å². The van der Waals surface area contributed by atoms with E-state index in [0.29, 0.717) is 56.9 Å². The molecular formula is C27H32F3N5O3. The number of hydrogen-bond donors (Lipinski definition) is 0. The van der Waals surface area contributed by atoms with Crippen LogP contribution in [0.3, 0.4) is 0 Å². The average molecular weight is 532 g/mol. The van der Waals surface area contributed by atoms with Gasteiger partial charge in [-0.2, -0.15) is 13.2 Å². The molecule has 11 heteroatoms. The van der Waals surface area contributed by atoms with Crippen LogP contribution in [0, 0.1) is 0 Å². The first-order chi connectivity index (χ1) is 18.4. The normalized spacial score (nSPS) is 25.7. The SMILES string of the molecule is O=C(C(c1cccc(C(F)(F)F)c1)N1CCOCC1)N1CC[C@@H]2CC[C@H](Oc3cnc(C4CC4)cn3)N2C1. The number of hydrogen-bond acceptors (Lipinski definition) is 7. The molecule has 1 aliphatic carbocycles. The summed E-state index contributed by atoms with van der Waals surface area (Å²) in [7, 11) is 0. The topological polar surface area (TPSA) is 71.0 Å². The van der Waals surface area contributed by atoms with Crippen LogP contribution in [0.25, 0.3) is 0 Å². The molecule has 38 heavy (non-hydrogen) atoms. The molecular weight excluding hydrogens is 499 g/mol. The summed E-state index contributed by atoms with van der Waals surface area (Å²) in [5, 5.41) is 0. The van der Waals surface area contributed by atoms with Crippen LogP contribution in [0.4, 0.5) is 13.2 Å². The minimum atomic E-state index is -4.48. The van der Waals surface area contributed by atoms with E-state index in [1.807, 2.05) is 4.90 Å². The Balaban J connectivity index is 1.20. The summed E-state index contributed by atoms with van der Waals surface area (Å²) in [6.45, 7) is 2.76. The summed E-state index contributed by atoms with van der Waals surface area (Å²) >= 11 is 0. The number of alkyl halides is 3. The summed E-state index contributed by atoms with van der Waals surface area (Å²) in [5.41, 5.74) is 0.607. The molecule has 4 fully saturated rings. The number of morpholine rings is 1. The molecule has 1 amide bonds. The fourth-order valence-electron chi connectivity index (χ4n) is 5.82. The van der Waals surface area contributed by atoms with Crippen LogP contribution in [0.5, 0.6) is 5.88 Å². The van der Waals surface area contributed by atoms with Crippen molar-refractivity contribution in [3.05, 3.63) is 53.5 Å². The molecule has 6 rings (SSSR count). The predicted octanol–water partition coefficient (Wildman–Crippen LogP) is 3.81. The Kier molecular flexibility index (Phi) is 7.00. The van der Waals surface area contributed by atoms with Crippen LogP contribution in [0.2, 0.25) is 0 Å². The predicted molar refractivity (Wildman–Crippen MR) is 131 cm³/mol. The van der Waals surface area contributed by atoms with Crippen molar-refractivity contribution in [2.45, 2.75) is 62.5 Å². The molecule has 3 saturated heterocycles. The Morgan fingerprint density at radius 2 is 1.84 bits per heavy atom. The Labute approximate surface area is 219 Å². The number of carbonyl (C=O) groups excluding carboxylic acids is 1. The molecule has 1 saturated carbocycles. The largest absolute Gasteiger partial charge is 0.457 e. The third-order valence-electron chi connectivity index (χ3n) is 8.04. The van der Waals surface area contributed by atoms with E-state index < -0.39 is 17.8 Å². The van der Waals surface area contributed by atoms with Crippen molar-refractivity contribution in [1.82, 2.24) is 24.7 Å². The Morgan fingerprint density at radius 1 is 1.03 bits per heavy atom. The number of carbonyl (C=O) groups is 1. The molecule has 0 radical (unpaired) electrons. The quantitative estimate of drug-likeness (QED) is 0.562. The van der Waals surface area contributed by atoms with Gasteiger partial charge in [0.2, 0.25) is 11.8 Å². The van der Waals surface area contributed by atoms with Crippen LogP contribution >= 0.6 is 0 Å². The van der Waals surface area contributed by atoms with Gasteiger partial charge in [0.25, 0.3) is 0 Å². The maximum Gasteiger partial charge on any atom is 0.416 e. The molecule has 0 spiro atoms. The summed E-state index contributed by atoms with van der Waals surface area (Å²) in [4.78, 5) is 28.8. The van der Waals surface area contributed by atoms with Gasteiger partial charge in [-0.1, -0.05) is 12.1 Å². The highest BCUT2D eigenvalue weighted by atomic mass is 19.4. The monoisotopic (exact) mass is 531 g/mol. The van der Waals surface area contributed by atoms with Gasteiger partial charge in [-0.05, 0) is 49.8 Å². The number of amides is 1. The first-order valence-corrected chi connectivity index (χ1v) is 13.4. The van der Waals surface area contributed by atoms with Gasteiger partial charge in [0, 0.05) is 31.6 Å². The number of rotatable bonds is 6. The van der Waals surface area contributed by atoms with Crippen molar-refractivity contribution in [3.63, 3.8) is 0 Å². The number of halogens is 3. The van der Waals surface area contributed by atoms with Gasteiger partial charge >= 0.3 is 6.18 Å². The molecule has 204 valence electrons. The van der Waals surface area contributed by atoms with Gasteiger partial charge in [-0.3, -0.25) is 14.7 Å². The molecule has 4 heterocycles. The van der Waals surface area contributed by atoms with Crippen LogP contribution in [-0.4, -0.2) is 82.4 Å². The number of benzene rings is 1. The molecule has 3 aliphatic heterocycles. The van der Waals surface area contributed by atoms with E-state index in [4.69, 9.17) is 9.47 Å².